The molecule has 1 saturated carbocycles. The molecule has 0 radical (unpaired) electrons. The average Bonchev–Trinajstić information content (AvgIpc) is 3.73. The number of hydrogen-bond acceptors (Lipinski definition) is 11. The quantitative estimate of drug-likeness (QED) is 0.169. The first-order chi connectivity index (χ1) is 26.3. The first-order valence-electron chi connectivity index (χ1n) is 18.6. The molecule has 55 heavy (non-hydrogen) atoms. The summed E-state index contributed by atoms with van der Waals surface area (Å²) in [5.74, 6) is -3.31. The Balaban J connectivity index is 1.14. The van der Waals surface area contributed by atoms with Crippen LogP contribution in [0, 0.1) is 8.99 Å². The lowest BCUT2D eigenvalue weighted by Gasteiger charge is -2.48. The molecule has 7 atom stereocenters. The Morgan fingerprint density at radius 1 is 0.964 bits per heavy atom. The van der Waals surface area contributed by atoms with Gasteiger partial charge in [-0.25, -0.2) is 0 Å². The number of carbonyl (C=O) groups excluding carboxylic acids is 4. The largest absolute Gasteiger partial charge is 0.460 e. The van der Waals surface area contributed by atoms with Crippen molar-refractivity contribution >= 4 is 46.3 Å². The van der Waals surface area contributed by atoms with Crippen LogP contribution in [-0.2, 0) is 55.3 Å². The molecule has 3 saturated heterocycles. The Morgan fingerprint density at radius 2 is 1.64 bits per heavy atom. The second-order valence-corrected chi connectivity index (χ2v) is 16.7. The van der Waals surface area contributed by atoms with Crippen molar-refractivity contribution in [3.63, 3.8) is 0 Å². The minimum atomic E-state index is -1.45. The van der Waals surface area contributed by atoms with Gasteiger partial charge in [0.05, 0.1) is 19.2 Å². The molecule has 3 N–H and O–H groups in total. The molecule has 3 aromatic carbocycles. The molecule has 0 spiro atoms. The smallest absolute Gasteiger partial charge is 0.327 e. The van der Waals surface area contributed by atoms with Crippen molar-refractivity contribution in [2.24, 2.45) is 5.41 Å². The van der Waals surface area contributed by atoms with E-state index in [1.807, 2.05) is 84.9 Å². The number of ether oxygens (including phenoxy) is 4. The number of benzene rings is 3. The second kappa shape index (κ2) is 15.9. The number of amides is 2. The number of aliphatic hydroxyl groups excluding tert-OH is 1. The van der Waals surface area contributed by atoms with Crippen molar-refractivity contribution in [3.05, 3.63) is 105 Å². The molecule has 1 aliphatic carbocycles. The molecule has 3 aliphatic heterocycles. The van der Waals surface area contributed by atoms with Crippen LogP contribution in [0.5, 0.6) is 0 Å². The standard InChI is InChI=1S/C41H46IN3O10/c1-39(2,3)52-32(48)18-17-29(24-46)44-31(47)19-20-43-38(50)40-22-30-33-34(54-41(53-33,26-12-6-4-7-13-26)27-14-8-5-9-15-27)36(40)55-45(35(40)37(49)51-30)23-25-11-10-16-28(42)21-25/h4-16,21,29-30,33-36,46H,17-20,22-24H2,1-3H3,(H,43,50)(H,44,47). The molecule has 2 amide bonds. The molecule has 0 aromatic heterocycles. The van der Waals surface area contributed by atoms with Gasteiger partial charge in [-0.2, -0.15) is 5.06 Å². The molecule has 2 bridgehead atoms. The van der Waals surface area contributed by atoms with E-state index in [1.54, 1.807) is 20.8 Å². The third-order valence-electron chi connectivity index (χ3n) is 10.5. The zero-order valence-corrected chi connectivity index (χ0v) is 33.1. The van der Waals surface area contributed by atoms with Crippen LogP contribution in [0.4, 0.5) is 0 Å². The highest BCUT2D eigenvalue weighted by Crippen LogP contribution is 2.59. The molecule has 13 nitrogen and oxygen atoms in total. The van der Waals surface area contributed by atoms with Crippen LogP contribution in [0.3, 0.4) is 0 Å². The van der Waals surface area contributed by atoms with Gasteiger partial charge >= 0.3 is 11.9 Å². The summed E-state index contributed by atoms with van der Waals surface area (Å²) in [6.07, 6.45) is -3.19. The van der Waals surface area contributed by atoms with E-state index in [2.05, 4.69) is 33.2 Å². The van der Waals surface area contributed by atoms with Crippen molar-refractivity contribution in [2.75, 3.05) is 13.2 Å². The van der Waals surface area contributed by atoms with E-state index < -0.39 is 77.1 Å². The molecular weight excluding hydrogens is 821 g/mol. The van der Waals surface area contributed by atoms with Crippen molar-refractivity contribution in [2.45, 2.75) is 101 Å². The third-order valence-corrected chi connectivity index (χ3v) is 11.1. The van der Waals surface area contributed by atoms with Crippen molar-refractivity contribution in [1.29, 1.82) is 0 Å². The van der Waals surface area contributed by atoms with Gasteiger partial charge in [-0.05, 0) is 67.5 Å². The zero-order chi connectivity index (χ0) is 39.0. The van der Waals surface area contributed by atoms with Crippen LogP contribution >= 0.6 is 22.6 Å². The maximum atomic E-state index is 14.7. The monoisotopic (exact) mass is 867 g/mol. The van der Waals surface area contributed by atoms with Crippen molar-refractivity contribution in [3.8, 4) is 0 Å². The molecule has 4 fully saturated rings. The van der Waals surface area contributed by atoms with Gasteiger partial charge in [-0.15, -0.1) is 0 Å². The fraction of sp³-hybridized carbons (Fsp3) is 0.463. The van der Waals surface area contributed by atoms with Crippen molar-refractivity contribution < 1.29 is 48.1 Å². The van der Waals surface area contributed by atoms with E-state index in [-0.39, 0.29) is 45.4 Å². The Kier molecular flexibility index (Phi) is 11.4. The average molecular weight is 868 g/mol. The highest BCUT2D eigenvalue weighted by molar-refractivity contribution is 14.1. The number of aliphatic hydroxyl groups is 1. The minimum absolute atomic E-state index is 0.0183. The predicted molar refractivity (Wildman–Crippen MR) is 205 cm³/mol. The van der Waals surface area contributed by atoms with E-state index >= 15 is 0 Å². The van der Waals surface area contributed by atoms with Crippen LogP contribution < -0.4 is 10.6 Å². The summed E-state index contributed by atoms with van der Waals surface area (Å²) in [5.41, 5.74) is 0.248. The van der Waals surface area contributed by atoms with Gasteiger partial charge in [0.2, 0.25) is 17.6 Å². The maximum Gasteiger partial charge on any atom is 0.327 e. The van der Waals surface area contributed by atoms with E-state index in [0.717, 1.165) is 20.3 Å². The van der Waals surface area contributed by atoms with E-state index in [0.29, 0.717) is 0 Å². The molecule has 3 heterocycles. The van der Waals surface area contributed by atoms with E-state index in [1.165, 1.54) is 5.06 Å². The lowest BCUT2D eigenvalue weighted by atomic mass is 9.62. The summed E-state index contributed by atoms with van der Waals surface area (Å²) >= 11 is 2.22. The zero-order valence-electron chi connectivity index (χ0n) is 30.9. The SMILES string of the molecule is CC(C)(C)OC(=O)CCC(CO)NC(=O)CCNC(=O)C12CC3OC(=O)C1N(Cc1cccc(I)c1)OC2C1OC(c2ccccc2)(c2ccccc2)OC31. The number of fused-ring (bicyclic) bond motifs is 4. The number of hydrogen-bond donors (Lipinski definition) is 3. The number of hydroxylamine groups is 2. The van der Waals surface area contributed by atoms with Gasteiger partial charge in [-0.1, -0.05) is 72.8 Å². The van der Waals surface area contributed by atoms with Gasteiger partial charge in [0.25, 0.3) is 0 Å². The van der Waals surface area contributed by atoms with Gasteiger partial charge in [0.15, 0.2) is 6.04 Å². The number of carbonyl (C=O) groups is 4. The highest BCUT2D eigenvalue weighted by Gasteiger charge is 2.76. The number of nitrogens with zero attached hydrogens (tertiary/aromatic N) is 1. The van der Waals surface area contributed by atoms with Crippen LogP contribution in [0.15, 0.2) is 84.9 Å². The number of rotatable bonds is 13. The molecule has 14 heteroatoms. The Morgan fingerprint density at radius 3 is 2.27 bits per heavy atom. The summed E-state index contributed by atoms with van der Waals surface area (Å²) in [7, 11) is 0. The van der Waals surface area contributed by atoms with Gasteiger partial charge in [0.1, 0.15) is 35.4 Å². The lowest BCUT2D eigenvalue weighted by molar-refractivity contribution is -0.213. The summed E-state index contributed by atoms with van der Waals surface area (Å²) in [6, 6.07) is 25.0. The highest BCUT2D eigenvalue weighted by atomic mass is 127. The van der Waals surface area contributed by atoms with Crippen LogP contribution in [0.1, 0.15) is 63.1 Å². The van der Waals surface area contributed by atoms with Crippen LogP contribution in [0.2, 0.25) is 0 Å². The van der Waals surface area contributed by atoms with E-state index in [4.69, 9.17) is 23.8 Å². The summed E-state index contributed by atoms with van der Waals surface area (Å²) in [4.78, 5) is 60.7. The normalized spacial score (nSPS) is 27.1. The van der Waals surface area contributed by atoms with Gasteiger partial charge in [-0.3, -0.25) is 24.0 Å². The fourth-order valence-electron chi connectivity index (χ4n) is 8.15. The number of nitrogens with one attached hydrogen (secondary N) is 2. The Bertz CT molecular complexity index is 1850. The summed E-state index contributed by atoms with van der Waals surface area (Å²) in [6.45, 7) is 5.06. The summed E-state index contributed by atoms with van der Waals surface area (Å²) in [5, 5.41) is 17.1. The number of halogens is 1. The molecule has 292 valence electrons. The first-order valence-corrected chi connectivity index (χ1v) is 19.7. The molecule has 3 aromatic rings. The first kappa shape index (κ1) is 39.3. The summed E-state index contributed by atoms with van der Waals surface area (Å²) < 4.78 is 26.4. The fourth-order valence-corrected chi connectivity index (χ4v) is 8.76. The van der Waals surface area contributed by atoms with Gasteiger partial charge in [0, 0.05) is 40.5 Å². The molecule has 7 unspecified atom stereocenters. The minimum Gasteiger partial charge on any atom is -0.460 e. The maximum absolute atomic E-state index is 14.7. The molecule has 4 aliphatic rings. The third kappa shape index (κ3) is 7.89. The second-order valence-electron chi connectivity index (χ2n) is 15.4. The van der Waals surface area contributed by atoms with E-state index in [9.17, 15) is 24.3 Å². The molecular formula is C41H46IN3O10. The topological polar surface area (TPSA) is 162 Å². The molecule has 7 rings (SSSR count). The Hall–Kier alpha value is -3.93. The van der Waals surface area contributed by atoms with Crippen molar-refractivity contribution in [1.82, 2.24) is 15.7 Å². The lowest BCUT2D eigenvalue weighted by Crippen LogP contribution is -2.69. The van der Waals surface area contributed by atoms with Gasteiger partial charge < -0.3 is 34.7 Å². The Labute approximate surface area is 333 Å². The van der Waals surface area contributed by atoms with Crippen LogP contribution in [-0.4, -0.2) is 89.2 Å². The van der Waals surface area contributed by atoms with Crippen LogP contribution in [0.25, 0.3) is 0 Å². The predicted octanol–water partition coefficient (Wildman–Crippen LogP) is 3.88. The number of esters is 2.